The first-order chi connectivity index (χ1) is 5.66. The Morgan fingerprint density at radius 3 is 2.58 bits per heavy atom. The zero-order chi connectivity index (χ0) is 9.40. The molecule has 0 aromatic carbocycles. The highest BCUT2D eigenvalue weighted by molar-refractivity contribution is 4.97. The Labute approximate surface area is 76.0 Å². The van der Waals surface area contributed by atoms with Crippen LogP contribution in [-0.4, -0.2) is 6.17 Å². The molecule has 0 heterocycles. The summed E-state index contributed by atoms with van der Waals surface area (Å²) in [5.41, 5.74) is 12.3. The van der Waals surface area contributed by atoms with E-state index in [0.717, 1.165) is 12.8 Å². The van der Waals surface area contributed by atoms with Crippen LogP contribution >= 0.6 is 0 Å². The summed E-state index contributed by atoms with van der Waals surface area (Å²) in [5.74, 6) is 0. The average molecular weight is 170 g/mol. The van der Waals surface area contributed by atoms with Gasteiger partial charge in [-0.2, -0.15) is 0 Å². The van der Waals surface area contributed by atoms with Gasteiger partial charge in [-0.15, -0.1) is 0 Å². The molecule has 0 saturated heterocycles. The molecular formula is C10H22N2. The number of unbranched alkanes of at least 4 members (excludes halogenated alkanes) is 1. The molecule has 0 bridgehead atoms. The fourth-order valence-electron chi connectivity index (χ4n) is 1.08. The number of nitrogens with two attached hydrogens (primary N) is 2. The summed E-state index contributed by atoms with van der Waals surface area (Å²) in [6.45, 7) is 4.39. The van der Waals surface area contributed by atoms with Gasteiger partial charge in [0, 0.05) is 0 Å². The van der Waals surface area contributed by atoms with E-state index >= 15 is 0 Å². The first kappa shape index (κ1) is 11.7. The molecule has 0 amide bonds. The molecule has 2 nitrogen and oxygen atoms in total. The van der Waals surface area contributed by atoms with E-state index in [4.69, 9.17) is 11.5 Å². The largest absolute Gasteiger partial charge is 0.316 e. The quantitative estimate of drug-likeness (QED) is 0.474. The van der Waals surface area contributed by atoms with Crippen LogP contribution in [0.4, 0.5) is 0 Å². The van der Waals surface area contributed by atoms with Gasteiger partial charge < -0.3 is 11.5 Å². The molecule has 0 aliphatic carbocycles. The van der Waals surface area contributed by atoms with Crippen LogP contribution in [0.25, 0.3) is 0 Å². The van der Waals surface area contributed by atoms with Crippen LogP contribution in [0.3, 0.4) is 0 Å². The SMILES string of the molecule is CCCCC(C)=CCCC(N)N. The first-order valence-corrected chi connectivity index (χ1v) is 4.83. The molecule has 0 rings (SSSR count). The number of rotatable bonds is 6. The highest BCUT2D eigenvalue weighted by Crippen LogP contribution is 2.07. The molecule has 0 atom stereocenters. The Morgan fingerprint density at radius 2 is 2.08 bits per heavy atom. The van der Waals surface area contributed by atoms with Gasteiger partial charge in [0.25, 0.3) is 0 Å². The van der Waals surface area contributed by atoms with Crippen molar-refractivity contribution in [3.8, 4) is 0 Å². The minimum Gasteiger partial charge on any atom is -0.316 e. The highest BCUT2D eigenvalue weighted by atomic mass is 14.8. The number of hydrogen-bond donors (Lipinski definition) is 2. The maximum Gasteiger partial charge on any atom is 0.0523 e. The van der Waals surface area contributed by atoms with Crippen molar-refractivity contribution < 1.29 is 0 Å². The second kappa shape index (κ2) is 7.32. The lowest BCUT2D eigenvalue weighted by atomic mass is 10.1. The van der Waals surface area contributed by atoms with Crippen molar-refractivity contribution in [1.29, 1.82) is 0 Å². The van der Waals surface area contributed by atoms with E-state index in [1.165, 1.54) is 24.8 Å². The maximum atomic E-state index is 5.43. The third kappa shape index (κ3) is 7.76. The average Bonchev–Trinajstić information content (AvgIpc) is 2.00. The van der Waals surface area contributed by atoms with Gasteiger partial charge in [-0.1, -0.05) is 25.0 Å². The molecule has 0 radical (unpaired) electrons. The van der Waals surface area contributed by atoms with Crippen molar-refractivity contribution in [3.63, 3.8) is 0 Å². The molecule has 0 unspecified atom stereocenters. The van der Waals surface area contributed by atoms with E-state index in [2.05, 4.69) is 19.9 Å². The van der Waals surface area contributed by atoms with Crippen molar-refractivity contribution in [2.24, 2.45) is 11.5 Å². The van der Waals surface area contributed by atoms with Crippen LogP contribution in [0.15, 0.2) is 11.6 Å². The molecule has 12 heavy (non-hydrogen) atoms. The van der Waals surface area contributed by atoms with Crippen molar-refractivity contribution in [2.45, 2.75) is 52.1 Å². The van der Waals surface area contributed by atoms with Crippen molar-refractivity contribution in [3.05, 3.63) is 11.6 Å². The first-order valence-electron chi connectivity index (χ1n) is 4.83. The summed E-state index contributed by atoms with van der Waals surface area (Å²) in [6.07, 6.45) is 7.79. The highest BCUT2D eigenvalue weighted by Gasteiger charge is 1.92. The minimum atomic E-state index is -0.153. The molecule has 0 spiro atoms. The molecule has 0 aliphatic heterocycles. The Hall–Kier alpha value is -0.340. The predicted octanol–water partition coefficient (Wildman–Crippen LogP) is 2.15. The normalized spacial score (nSPS) is 12.6. The second-order valence-electron chi connectivity index (χ2n) is 3.40. The zero-order valence-electron chi connectivity index (χ0n) is 8.34. The van der Waals surface area contributed by atoms with Gasteiger partial charge in [-0.05, 0) is 32.6 Å². The van der Waals surface area contributed by atoms with Gasteiger partial charge in [-0.3, -0.25) is 0 Å². The smallest absolute Gasteiger partial charge is 0.0523 e. The summed E-state index contributed by atoms with van der Waals surface area (Å²) in [5, 5.41) is 0. The van der Waals surface area contributed by atoms with Crippen LogP contribution in [0.2, 0.25) is 0 Å². The topological polar surface area (TPSA) is 52.0 Å². The number of hydrogen-bond acceptors (Lipinski definition) is 2. The molecule has 4 N–H and O–H groups in total. The zero-order valence-corrected chi connectivity index (χ0v) is 8.34. The molecule has 0 aromatic heterocycles. The van der Waals surface area contributed by atoms with Gasteiger partial charge in [-0.25, -0.2) is 0 Å². The van der Waals surface area contributed by atoms with Crippen LogP contribution in [0.5, 0.6) is 0 Å². The Bertz CT molecular complexity index is 128. The molecule has 2 heteroatoms. The van der Waals surface area contributed by atoms with E-state index in [1.54, 1.807) is 0 Å². The maximum absolute atomic E-state index is 5.43. The Kier molecular flexibility index (Phi) is 7.11. The van der Waals surface area contributed by atoms with E-state index in [9.17, 15) is 0 Å². The molecule has 0 aliphatic rings. The van der Waals surface area contributed by atoms with E-state index in [1.807, 2.05) is 0 Å². The van der Waals surface area contributed by atoms with Crippen LogP contribution in [0.1, 0.15) is 46.0 Å². The summed E-state index contributed by atoms with van der Waals surface area (Å²) in [6, 6.07) is 0. The molecular weight excluding hydrogens is 148 g/mol. The minimum absolute atomic E-state index is 0.153. The Morgan fingerprint density at radius 1 is 1.42 bits per heavy atom. The third-order valence-electron chi connectivity index (χ3n) is 1.92. The summed E-state index contributed by atoms with van der Waals surface area (Å²) in [4.78, 5) is 0. The fraction of sp³-hybridized carbons (Fsp3) is 0.800. The van der Waals surface area contributed by atoms with Gasteiger partial charge >= 0.3 is 0 Å². The molecule has 0 aromatic rings. The van der Waals surface area contributed by atoms with Gasteiger partial charge in [0.15, 0.2) is 0 Å². The van der Waals surface area contributed by atoms with Crippen molar-refractivity contribution in [2.75, 3.05) is 0 Å². The summed E-state index contributed by atoms with van der Waals surface area (Å²) < 4.78 is 0. The lowest BCUT2D eigenvalue weighted by Crippen LogP contribution is -2.29. The number of allylic oxidation sites excluding steroid dienone is 2. The predicted molar refractivity (Wildman–Crippen MR) is 54.7 cm³/mol. The monoisotopic (exact) mass is 170 g/mol. The van der Waals surface area contributed by atoms with E-state index in [-0.39, 0.29) is 6.17 Å². The van der Waals surface area contributed by atoms with Crippen molar-refractivity contribution >= 4 is 0 Å². The van der Waals surface area contributed by atoms with Crippen LogP contribution in [-0.2, 0) is 0 Å². The molecule has 72 valence electrons. The molecule has 0 fully saturated rings. The standard InChI is InChI=1S/C10H22N2/c1-3-4-6-9(2)7-5-8-10(11)12/h7,10H,3-6,8,11-12H2,1-2H3. The van der Waals surface area contributed by atoms with Gasteiger partial charge in [0.2, 0.25) is 0 Å². The summed E-state index contributed by atoms with van der Waals surface area (Å²) >= 11 is 0. The Balaban J connectivity index is 3.41. The summed E-state index contributed by atoms with van der Waals surface area (Å²) in [7, 11) is 0. The second-order valence-corrected chi connectivity index (χ2v) is 3.40. The van der Waals surface area contributed by atoms with E-state index in [0.29, 0.717) is 0 Å². The van der Waals surface area contributed by atoms with Gasteiger partial charge in [0.1, 0.15) is 0 Å². The lowest BCUT2D eigenvalue weighted by Gasteiger charge is -2.02. The van der Waals surface area contributed by atoms with Crippen LogP contribution in [0, 0.1) is 0 Å². The molecule has 0 saturated carbocycles. The fourth-order valence-corrected chi connectivity index (χ4v) is 1.08. The van der Waals surface area contributed by atoms with E-state index < -0.39 is 0 Å². The van der Waals surface area contributed by atoms with Gasteiger partial charge in [0.05, 0.1) is 6.17 Å². The van der Waals surface area contributed by atoms with Crippen LogP contribution < -0.4 is 11.5 Å². The van der Waals surface area contributed by atoms with Crippen molar-refractivity contribution in [1.82, 2.24) is 0 Å². The lowest BCUT2D eigenvalue weighted by molar-refractivity contribution is 0.644. The third-order valence-corrected chi connectivity index (χ3v) is 1.92.